The molecule has 29 rings (SSSR count). The number of thiophene rings is 4. The highest BCUT2D eigenvalue weighted by Crippen LogP contribution is 2.50. The molecule has 0 bridgehead atoms. The summed E-state index contributed by atoms with van der Waals surface area (Å²) < 4.78 is 15.1. The van der Waals surface area contributed by atoms with Crippen LogP contribution in [0.5, 0.6) is 0 Å². The molecule has 11 heterocycles. The summed E-state index contributed by atoms with van der Waals surface area (Å²) in [6, 6.07) is 159. The van der Waals surface area contributed by atoms with E-state index >= 15 is 0 Å². The molecule has 18 aromatic carbocycles. The molecule has 0 amide bonds. The molecule has 0 unspecified atom stereocenters. The fourth-order valence-corrected chi connectivity index (χ4v) is 24.3. The van der Waals surface area contributed by atoms with Gasteiger partial charge in [0.05, 0.1) is 53.3 Å². The van der Waals surface area contributed by atoms with E-state index in [9.17, 15) is 0 Å². The van der Waals surface area contributed by atoms with Gasteiger partial charge in [0.1, 0.15) is 11.2 Å². The molecule has 0 saturated carbocycles. The predicted molar refractivity (Wildman–Crippen MR) is 612 cm³/mol. The van der Waals surface area contributed by atoms with Gasteiger partial charge >= 0.3 is 0 Å². The Kier molecular flexibility index (Phi) is 23.0. The van der Waals surface area contributed by atoms with Gasteiger partial charge in [-0.25, -0.2) is 74.8 Å². The fraction of sp³-hybridized carbons (Fsp3) is 0. The van der Waals surface area contributed by atoms with E-state index in [1.54, 1.807) is 45.3 Å². The van der Waals surface area contributed by atoms with Crippen molar-refractivity contribution in [3.05, 3.63) is 467 Å². The van der Waals surface area contributed by atoms with Crippen LogP contribution in [0, 0.1) is 0 Å². The normalized spacial score (nSPS) is 11.5. The van der Waals surface area contributed by atoms with E-state index in [1.165, 1.54) is 25.7 Å². The highest BCUT2D eigenvalue weighted by molar-refractivity contribution is 7.28. The number of para-hydroxylation sites is 2. The minimum Gasteiger partial charge on any atom is -0.455 e. The molecule has 0 fully saturated rings. The van der Waals surface area contributed by atoms with Gasteiger partial charge in [0.2, 0.25) is 0 Å². The maximum absolute atomic E-state index is 6.44. The summed E-state index contributed by atoms with van der Waals surface area (Å²) >= 11 is 6.85. The van der Waals surface area contributed by atoms with E-state index in [0.717, 1.165) is 195 Å². The van der Waals surface area contributed by atoms with E-state index in [-0.39, 0.29) is 0 Å². The number of rotatable bonds is 16. The van der Waals surface area contributed by atoms with E-state index in [2.05, 4.69) is 224 Å². The molecule has 11 aromatic heterocycles. The average molecular weight is 1980 g/mol. The maximum Gasteiger partial charge on any atom is 0.165 e. The third-order valence-electron chi connectivity index (χ3n) is 26.5. The van der Waals surface area contributed by atoms with Crippen LogP contribution >= 0.6 is 45.3 Å². The summed E-state index contributed by atoms with van der Waals surface area (Å²) in [5, 5.41) is 7.70. The first-order chi connectivity index (χ1) is 73.8. The number of nitrogens with zero attached hydrogens (tertiary/aromatic N) is 15. The van der Waals surface area contributed by atoms with Gasteiger partial charge in [-0.3, -0.25) is 0 Å². The van der Waals surface area contributed by atoms with Crippen LogP contribution in [0.25, 0.3) is 285 Å². The molecule has 29 aromatic rings. The largest absolute Gasteiger partial charge is 0.455 e. The van der Waals surface area contributed by atoms with E-state index in [1.807, 2.05) is 243 Å². The Morgan fingerprint density at radius 1 is 0.134 bits per heavy atom. The van der Waals surface area contributed by atoms with E-state index in [4.69, 9.17) is 79.2 Å². The Bertz CT molecular complexity index is 9570. The predicted octanol–water partition coefficient (Wildman–Crippen LogP) is 34.0. The number of hydrogen-bond donors (Lipinski definition) is 0. The average Bonchev–Trinajstić information content (AvgIpc) is 1.59. The Balaban J connectivity index is 0.000000110. The van der Waals surface area contributed by atoms with Crippen molar-refractivity contribution in [2.75, 3.05) is 0 Å². The first kappa shape index (κ1) is 88.8. The minimum atomic E-state index is 0.608. The molecular weight excluding hydrogens is 1900 g/mol. The van der Waals surface area contributed by atoms with Crippen LogP contribution in [0.2, 0.25) is 0 Å². The van der Waals surface area contributed by atoms with Gasteiger partial charge < -0.3 is 4.42 Å². The van der Waals surface area contributed by atoms with Gasteiger partial charge in [-0.1, -0.05) is 425 Å². The van der Waals surface area contributed by atoms with Crippen molar-refractivity contribution in [1.82, 2.24) is 74.8 Å². The number of benzene rings is 18. The van der Waals surface area contributed by atoms with Crippen molar-refractivity contribution in [2.24, 2.45) is 0 Å². The minimum absolute atomic E-state index is 0.608. The SMILES string of the molecule is c1ccc(-c2ccc(-c3nc(-c4ccccc4)c4sc5c(-c6nc(-c7ccccc7)nc(-c7ccccc7)n6)cccc5c4n3)cc2)cc1.c1ccc(-c2nc(-c3ccccc3)nc(-c3cccc4c3sc3c(-c5ccccc5)nc(-c5cccc6c5oc5ccccc56)nc34)n2)cc1.c1ccc(-c2nc(-c3ccccc3)nc(-c3cccc4c3sc3c(-c5ccccc5)nc(-c5cccc6c5sc5ccccc56)nc34)n2)cc1. The van der Waals surface area contributed by atoms with E-state index in [0.29, 0.717) is 64.1 Å². The lowest BCUT2D eigenvalue weighted by Crippen LogP contribution is -2.00. The Hall–Kier alpha value is -19.1. The Morgan fingerprint density at radius 3 is 0.725 bits per heavy atom. The summed E-state index contributed by atoms with van der Waals surface area (Å²) in [6.45, 7) is 0. The van der Waals surface area contributed by atoms with Gasteiger partial charge in [0.15, 0.2) is 69.9 Å². The van der Waals surface area contributed by atoms with Crippen LogP contribution in [0.1, 0.15) is 0 Å². The molecule has 698 valence electrons. The molecule has 0 aliphatic heterocycles. The van der Waals surface area contributed by atoms with Crippen molar-refractivity contribution < 1.29 is 4.42 Å². The molecule has 0 saturated heterocycles. The van der Waals surface area contributed by atoms with Crippen LogP contribution in [-0.2, 0) is 0 Å². The van der Waals surface area contributed by atoms with Crippen molar-refractivity contribution in [3.63, 3.8) is 0 Å². The highest BCUT2D eigenvalue weighted by Gasteiger charge is 2.29. The van der Waals surface area contributed by atoms with E-state index < -0.39 is 0 Å². The summed E-state index contributed by atoms with van der Waals surface area (Å²) in [4.78, 5) is 76.8. The smallest absolute Gasteiger partial charge is 0.165 e. The van der Waals surface area contributed by atoms with Crippen molar-refractivity contribution >= 4 is 148 Å². The zero-order valence-electron chi connectivity index (χ0n) is 79.2. The second-order valence-electron chi connectivity index (χ2n) is 35.8. The summed E-state index contributed by atoms with van der Waals surface area (Å²) in [6.07, 6.45) is 0. The number of fused-ring (bicyclic) bond motifs is 15. The second-order valence-corrected chi connectivity index (χ2v) is 39.9. The zero-order chi connectivity index (χ0) is 98.6. The van der Waals surface area contributed by atoms with Gasteiger partial charge in [0.25, 0.3) is 0 Å². The van der Waals surface area contributed by atoms with Crippen LogP contribution in [0.15, 0.2) is 472 Å². The van der Waals surface area contributed by atoms with Crippen molar-refractivity contribution in [3.8, 4) is 182 Å². The molecule has 0 spiro atoms. The van der Waals surface area contributed by atoms with Gasteiger partial charge in [-0.2, -0.15) is 0 Å². The molecule has 16 nitrogen and oxygen atoms in total. The summed E-state index contributed by atoms with van der Waals surface area (Å²) in [5.41, 5.74) is 23.7. The zero-order valence-corrected chi connectivity index (χ0v) is 82.5. The topological polar surface area (TPSA) is 206 Å². The monoisotopic (exact) mass is 1980 g/mol. The first-order valence-electron chi connectivity index (χ1n) is 48.8. The van der Waals surface area contributed by atoms with Crippen LogP contribution in [0.4, 0.5) is 0 Å². The van der Waals surface area contributed by atoms with Crippen LogP contribution in [-0.4, -0.2) is 74.8 Å². The lowest BCUT2D eigenvalue weighted by atomic mass is 10.0. The van der Waals surface area contributed by atoms with Crippen molar-refractivity contribution in [1.29, 1.82) is 0 Å². The standard InChI is InChI=1S/C43H25N5OS.C43H25N5S2.C43H27N5S/c2*1-4-14-26(15-5-1)35-39-36(45-42(44-35)32-23-12-21-30-29-20-10-11-25-34(29)49-37(30)32)31-22-13-24-33(38(31)50-39)43-47-40(27-16-6-2-7-17-27)46-41(48-43)28-18-8-3-9-19-28;1-5-14-28(15-6-1)29-24-26-33(27-25-29)40-44-36(30-16-7-2-8-17-30)39-37(45-40)34-22-13-23-35(38(34)49-39)43-47-41(31-18-9-3-10-19-31)46-42(48-43)32-20-11-4-12-21-32/h2*1-25H;1-27H. The maximum atomic E-state index is 6.44. The molecular formula is C129H77N15OS4. The quantitative estimate of drug-likeness (QED) is 0.0881. The second kappa shape index (κ2) is 38.5. The molecule has 0 aliphatic rings. The molecule has 20 heteroatoms. The van der Waals surface area contributed by atoms with Crippen LogP contribution < -0.4 is 0 Å². The first-order valence-corrected chi connectivity index (χ1v) is 52.1. The Labute approximate surface area is 869 Å². The number of furan rings is 1. The molecule has 0 N–H and O–H groups in total. The highest BCUT2D eigenvalue weighted by atomic mass is 32.1. The molecule has 0 aliphatic carbocycles. The van der Waals surface area contributed by atoms with Gasteiger partial charge in [-0.15, -0.1) is 45.3 Å². The molecule has 0 radical (unpaired) electrons. The molecule has 149 heavy (non-hydrogen) atoms. The van der Waals surface area contributed by atoms with Gasteiger partial charge in [-0.05, 0) is 53.6 Å². The number of hydrogen-bond acceptors (Lipinski definition) is 20. The number of aromatic nitrogens is 15. The van der Waals surface area contributed by atoms with Crippen LogP contribution in [0.3, 0.4) is 0 Å². The third-order valence-corrected chi connectivity index (χ3v) is 31.4. The lowest BCUT2D eigenvalue weighted by molar-refractivity contribution is 0.669. The third kappa shape index (κ3) is 16.9. The van der Waals surface area contributed by atoms with Crippen molar-refractivity contribution in [2.45, 2.75) is 0 Å². The molecule has 0 atom stereocenters. The summed E-state index contributed by atoms with van der Waals surface area (Å²) in [7, 11) is 0. The fourth-order valence-electron chi connectivity index (χ4n) is 19.3. The van der Waals surface area contributed by atoms with Gasteiger partial charge in [0, 0.05) is 139 Å². The Morgan fingerprint density at radius 2 is 0.362 bits per heavy atom. The lowest BCUT2D eigenvalue weighted by Gasteiger charge is -2.09. The summed E-state index contributed by atoms with van der Waals surface area (Å²) in [5.74, 6) is 7.66.